The van der Waals surface area contributed by atoms with Crippen LogP contribution in [-0.2, 0) is 20.9 Å². The lowest BCUT2D eigenvalue weighted by atomic mass is 10.1. The molecule has 0 spiro atoms. The second-order valence-corrected chi connectivity index (χ2v) is 7.00. The first kappa shape index (κ1) is 20.8. The van der Waals surface area contributed by atoms with Crippen molar-refractivity contribution < 1.29 is 28.8 Å². The molecule has 0 saturated heterocycles. The van der Waals surface area contributed by atoms with Crippen LogP contribution in [0.2, 0.25) is 0 Å². The average Bonchev–Trinajstić information content (AvgIpc) is 3.36. The lowest BCUT2D eigenvalue weighted by Gasteiger charge is -2.10. The van der Waals surface area contributed by atoms with E-state index in [1.807, 2.05) is 0 Å². The summed E-state index contributed by atoms with van der Waals surface area (Å²) in [6.07, 6.45) is 2.64. The third-order valence-electron chi connectivity index (χ3n) is 4.99. The number of carbonyl (C=O) groups excluding carboxylic acids is 3. The Kier molecular flexibility index (Phi) is 5.42. The number of aromatic nitrogens is 1. The highest BCUT2D eigenvalue weighted by molar-refractivity contribution is 6.45. The van der Waals surface area contributed by atoms with E-state index in [4.69, 9.17) is 9.47 Å². The summed E-state index contributed by atoms with van der Waals surface area (Å²) in [7, 11) is 1.46. The maximum atomic E-state index is 12.9. The van der Waals surface area contributed by atoms with E-state index in [1.165, 1.54) is 31.5 Å². The van der Waals surface area contributed by atoms with Crippen molar-refractivity contribution in [3.05, 3.63) is 81.7 Å². The van der Waals surface area contributed by atoms with Gasteiger partial charge in [0.15, 0.2) is 0 Å². The molecule has 2 heterocycles. The molecule has 1 aromatic heterocycles. The Morgan fingerprint density at radius 1 is 1.25 bits per heavy atom. The monoisotopic (exact) mass is 435 g/mol. The fourth-order valence-corrected chi connectivity index (χ4v) is 3.52. The van der Waals surface area contributed by atoms with Crippen LogP contribution in [0.1, 0.15) is 15.9 Å². The molecule has 2 aromatic carbocycles. The van der Waals surface area contributed by atoms with E-state index in [0.29, 0.717) is 22.2 Å². The highest BCUT2D eigenvalue weighted by atomic mass is 16.6. The number of ketones is 1. The van der Waals surface area contributed by atoms with Gasteiger partial charge in [-0.3, -0.25) is 19.7 Å². The molecule has 32 heavy (non-hydrogen) atoms. The number of carbonyl (C=O) groups is 3. The number of Topliss-reactive ketones (excluding diaryl/α,β-unsaturated/α-hetero) is 1. The minimum atomic E-state index is -0.898. The van der Waals surface area contributed by atoms with E-state index in [9.17, 15) is 24.5 Å². The quantitative estimate of drug-likeness (QED) is 0.198. The maximum Gasteiger partial charge on any atom is 0.333 e. The Hall–Kier alpha value is -4.47. The summed E-state index contributed by atoms with van der Waals surface area (Å²) >= 11 is 0. The number of hydrogen-bond donors (Lipinski definition) is 1. The first-order valence-electron chi connectivity index (χ1n) is 9.49. The third kappa shape index (κ3) is 3.93. The molecule has 0 bridgehead atoms. The minimum absolute atomic E-state index is 0.0884. The SMILES string of the molecule is COc1ccc([N+](=O)[O-])cc1Cn1cc(C(=O)C(=O)NC2=CC(=O)OC2)c2ccccc21. The zero-order valence-corrected chi connectivity index (χ0v) is 16.9. The van der Waals surface area contributed by atoms with Crippen molar-refractivity contribution in [1.29, 1.82) is 0 Å². The minimum Gasteiger partial charge on any atom is -0.496 e. The zero-order valence-electron chi connectivity index (χ0n) is 16.9. The number of fused-ring (bicyclic) bond motifs is 1. The van der Waals surface area contributed by atoms with Gasteiger partial charge in [0.05, 0.1) is 29.8 Å². The second kappa shape index (κ2) is 8.34. The van der Waals surface area contributed by atoms with Crippen LogP contribution in [0.5, 0.6) is 5.75 Å². The van der Waals surface area contributed by atoms with E-state index in [2.05, 4.69) is 5.32 Å². The Morgan fingerprint density at radius 2 is 2.03 bits per heavy atom. The molecule has 1 amide bonds. The Labute approximate surface area is 181 Å². The molecule has 0 atom stereocenters. The number of nitrogens with one attached hydrogen (secondary N) is 1. The van der Waals surface area contributed by atoms with E-state index >= 15 is 0 Å². The van der Waals surface area contributed by atoms with Crippen LogP contribution in [0.25, 0.3) is 10.9 Å². The van der Waals surface area contributed by atoms with Crippen molar-refractivity contribution in [3.63, 3.8) is 0 Å². The molecule has 0 unspecified atom stereocenters. The van der Waals surface area contributed by atoms with Gasteiger partial charge in [0.2, 0.25) is 0 Å². The van der Waals surface area contributed by atoms with Crippen molar-refractivity contribution >= 4 is 34.3 Å². The number of cyclic esters (lactones) is 1. The predicted molar refractivity (Wildman–Crippen MR) is 112 cm³/mol. The van der Waals surface area contributed by atoms with Gasteiger partial charge >= 0.3 is 5.97 Å². The number of esters is 1. The summed E-state index contributed by atoms with van der Waals surface area (Å²) in [5.41, 5.74) is 1.48. The van der Waals surface area contributed by atoms with Crippen molar-refractivity contribution in [1.82, 2.24) is 9.88 Å². The predicted octanol–water partition coefficient (Wildman–Crippen LogP) is 2.35. The van der Waals surface area contributed by atoms with Gasteiger partial charge in [0.25, 0.3) is 17.4 Å². The van der Waals surface area contributed by atoms with Gasteiger partial charge in [-0.1, -0.05) is 18.2 Å². The normalized spacial score (nSPS) is 12.9. The van der Waals surface area contributed by atoms with Gasteiger partial charge < -0.3 is 19.4 Å². The van der Waals surface area contributed by atoms with Gasteiger partial charge in [0, 0.05) is 40.9 Å². The van der Waals surface area contributed by atoms with Crippen LogP contribution in [-0.4, -0.2) is 40.9 Å². The number of benzene rings is 2. The molecule has 10 nitrogen and oxygen atoms in total. The molecule has 162 valence electrons. The number of non-ortho nitro benzene ring substituents is 1. The summed E-state index contributed by atoms with van der Waals surface area (Å²) < 4.78 is 11.8. The van der Waals surface area contributed by atoms with Gasteiger partial charge in [-0.2, -0.15) is 0 Å². The van der Waals surface area contributed by atoms with Crippen LogP contribution in [0.4, 0.5) is 5.69 Å². The summed E-state index contributed by atoms with van der Waals surface area (Å²) in [6, 6.07) is 11.3. The van der Waals surface area contributed by atoms with Crippen molar-refractivity contribution in [2.45, 2.75) is 6.54 Å². The highest BCUT2D eigenvalue weighted by Gasteiger charge is 2.24. The van der Waals surface area contributed by atoms with E-state index in [1.54, 1.807) is 28.8 Å². The van der Waals surface area contributed by atoms with Gasteiger partial charge in [0.1, 0.15) is 12.4 Å². The second-order valence-electron chi connectivity index (χ2n) is 7.00. The molecular weight excluding hydrogens is 418 g/mol. The van der Waals surface area contributed by atoms with Gasteiger partial charge in [-0.25, -0.2) is 4.79 Å². The Bertz CT molecular complexity index is 1310. The number of methoxy groups -OCH3 is 1. The van der Waals surface area contributed by atoms with Crippen molar-refractivity contribution in [3.8, 4) is 5.75 Å². The number of nitrogens with zero attached hydrogens (tertiary/aromatic N) is 2. The zero-order chi connectivity index (χ0) is 22.8. The number of rotatable bonds is 7. The van der Waals surface area contributed by atoms with Crippen LogP contribution in [0, 0.1) is 10.1 Å². The van der Waals surface area contributed by atoms with Crippen LogP contribution < -0.4 is 10.1 Å². The molecule has 1 aliphatic rings. The number of hydrogen-bond acceptors (Lipinski definition) is 7. The first-order valence-corrected chi connectivity index (χ1v) is 9.49. The maximum absolute atomic E-state index is 12.9. The molecule has 0 radical (unpaired) electrons. The van der Waals surface area contributed by atoms with Crippen molar-refractivity contribution in [2.24, 2.45) is 0 Å². The standard InChI is InChI=1S/C22H17N3O7/c1-31-19-7-6-15(25(29)30)8-13(19)10-24-11-17(16-4-2-3-5-18(16)24)21(27)22(28)23-14-9-20(26)32-12-14/h2-9,11H,10,12H2,1H3,(H,23,28). The Morgan fingerprint density at radius 3 is 2.72 bits per heavy atom. The number of nitro groups is 1. The fourth-order valence-electron chi connectivity index (χ4n) is 3.52. The fraction of sp³-hybridized carbons (Fsp3) is 0.136. The van der Waals surface area contributed by atoms with Gasteiger partial charge in [-0.05, 0) is 12.1 Å². The molecule has 0 aliphatic carbocycles. The Balaban J connectivity index is 1.69. The lowest BCUT2D eigenvalue weighted by Crippen LogP contribution is -2.31. The van der Waals surface area contributed by atoms with E-state index in [-0.39, 0.29) is 30.1 Å². The van der Waals surface area contributed by atoms with Gasteiger partial charge in [-0.15, -0.1) is 0 Å². The number of ether oxygens (including phenoxy) is 2. The first-order chi connectivity index (χ1) is 15.4. The molecule has 0 fully saturated rings. The lowest BCUT2D eigenvalue weighted by molar-refractivity contribution is -0.384. The van der Waals surface area contributed by atoms with Crippen LogP contribution >= 0.6 is 0 Å². The average molecular weight is 435 g/mol. The molecule has 1 N–H and O–H groups in total. The smallest absolute Gasteiger partial charge is 0.333 e. The largest absolute Gasteiger partial charge is 0.496 e. The molecule has 3 aromatic rings. The van der Waals surface area contributed by atoms with E-state index < -0.39 is 22.6 Å². The van der Waals surface area contributed by atoms with Crippen LogP contribution in [0.3, 0.4) is 0 Å². The number of amides is 1. The highest BCUT2D eigenvalue weighted by Crippen LogP contribution is 2.28. The summed E-state index contributed by atoms with van der Waals surface area (Å²) in [5, 5.41) is 14.1. The summed E-state index contributed by atoms with van der Waals surface area (Å²) in [4.78, 5) is 47.2. The summed E-state index contributed by atoms with van der Waals surface area (Å²) in [5.74, 6) is -1.82. The molecule has 4 rings (SSSR count). The topological polar surface area (TPSA) is 130 Å². The molecule has 0 saturated carbocycles. The van der Waals surface area contributed by atoms with Crippen LogP contribution in [0.15, 0.2) is 60.4 Å². The van der Waals surface area contributed by atoms with Crippen molar-refractivity contribution in [2.75, 3.05) is 13.7 Å². The third-order valence-corrected chi connectivity index (χ3v) is 4.99. The number of para-hydroxylation sites is 1. The molecule has 10 heteroatoms. The van der Waals surface area contributed by atoms with E-state index in [0.717, 1.165) is 6.08 Å². The molecular formula is C22H17N3O7. The summed E-state index contributed by atoms with van der Waals surface area (Å²) in [6.45, 7) is 0.0694. The molecule has 1 aliphatic heterocycles. The number of nitro benzene ring substituents is 1.